The van der Waals surface area contributed by atoms with E-state index in [-0.39, 0.29) is 30.8 Å². The minimum Gasteiger partial charge on any atom is -0.465 e. The summed E-state index contributed by atoms with van der Waals surface area (Å²) in [5.41, 5.74) is 5.32. The number of benzene rings is 2. The highest BCUT2D eigenvalue weighted by Gasteiger charge is 2.30. The van der Waals surface area contributed by atoms with Crippen LogP contribution in [0.15, 0.2) is 54.6 Å². The smallest absolute Gasteiger partial charge is 0.337 e. The Kier molecular flexibility index (Phi) is 9.04. The summed E-state index contributed by atoms with van der Waals surface area (Å²) in [5, 5.41) is 0. The zero-order valence-corrected chi connectivity index (χ0v) is 25.2. The molecule has 3 heterocycles. The average Bonchev–Trinajstić information content (AvgIpc) is 3.33. The zero-order valence-electron chi connectivity index (χ0n) is 24.4. The predicted molar refractivity (Wildman–Crippen MR) is 165 cm³/mol. The molecule has 3 aromatic rings. The summed E-state index contributed by atoms with van der Waals surface area (Å²) in [4.78, 5) is 46.0. The number of likely N-dealkylation sites (N-methyl/N-ethyl adjacent to an activating group) is 1. The van der Waals surface area contributed by atoms with E-state index >= 15 is 0 Å². The number of nitrogens with zero attached hydrogens (tertiary/aromatic N) is 4. The van der Waals surface area contributed by atoms with Gasteiger partial charge in [0, 0.05) is 37.4 Å². The van der Waals surface area contributed by atoms with E-state index in [1.807, 2.05) is 39.8 Å². The highest BCUT2D eigenvalue weighted by molar-refractivity contribution is 6.07. The largest absolute Gasteiger partial charge is 0.465 e. The molecule has 9 heteroatoms. The zero-order chi connectivity index (χ0) is 28.5. The SMILES string of the molecule is COC(=O)c1ccc2c(c1)N(C(=O)c1ccc(C3CCCCC3)cc1)Cc1ccc(C(=O)N3CCN(C)CC3)n1C2.Cl. The number of amides is 2. The maximum Gasteiger partial charge on any atom is 0.337 e. The summed E-state index contributed by atoms with van der Waals surface area (Å²) in [7, 11) is 3.42. The lowest BCUT2D eigenvalue weighted by molar-refractivity contribution is 0.0599. The van der Waals surface area contributed by atoms with E-state index in [9.17, 15) is 14.4 Å². The van der Waals surface area contributed by atoms with Crippen molar-refractivity contribution in [2.24, 2.45) is 0 Å². The first-order chi connectivity index (χ1) is 19.9. The van der Waals surface area contributed by atoms with Crippen molar-refractivity contribution < 1.29 is 19.1 Å². The molecule has 6 rings (SSSR count). The molecule has 0 unspecified atom stereocenters. The van der Waals surface area contributed by atoms with Crippen molar-refractivity contribution in [2.75, 3.05) is 45.2 Å². The number of hydrogen-bond acceptors (Lipinski definition) is 5. The highest BCUT2D eigenvalue weighted by Crippen LogP contribution is 2.34. The van der Waals surface area contributed by atoms with Crippen LogP contribution in [0.25, 0.3) is 0 Å². The van der Waals surface area contributed by atoms with Gasteiger partial charge in [-0.05, 0) is 73.3 Å². The van der Waals surface area contributed by atoms with Crippen LogP contribution in [0.5, 0.6) is 0 Å². The van der Waals surface area contributed by atoms with Crippen molar-refractivity contribution in [3.05, 3.63) is 88.2 Å². The molecule has 2 aliphatic heterocycles. The number of hydrogen-bond donors (Lipinski definition) is 0. The first-order valence-corrected chi connectivity index (χ1v) is 14.7. The first-order valence-electron chi connectivity index (χ1n) is 14.7. The molecule has 2 aromatic carbocycles. The van der Waals surface area contributed by atoms with Crippen molar-refractivity contribution in [1.29, 1.82) is 0 Å². The van der Waals surface area contributed by atoms with Crippen LogP contribution in [-0.4, -0.2) is 72.5 Å². The predicted octanol–water partition coefficient (Wildman–Crippen LogP) is 5.34. The fourth-order valence-corrected chi connectivity index (χ4v) is 6.47. The van der Waals surface area contributed by atoms with Gasteiger partial charge >= 0.3 is 5.97 Å². The lowest BCUT2D eigenvalue weighted by atomic mass is 9.84. The normalized spacial score (nSPS) is 17.5. The van der Waals surface area contributed by atoms with Crippen LogP contribution in [0.3, 0.4) is 0 Å². The second-order valence-electron chi connectivity index (χ2n) is 11.6. The quantitative estimate of drug-likeness (QED) is 0.384. The number of carbonyl (C=O) groups is 3. The number of ether oxygens (including phenoxy) is 1. The molecule has 2 amide bonds. The lowest BCUT2D eigenvalue weighted by Gasteiger charge is -2.32. The van der Waals surface area contributed by atoms with E-state index in [0.717, 1.165) is 24.3 Å². The Hall–Kier alpha value is -3.62. The Morgan fingerprint density at radius 3 is 2.17 bits per heavy atom. The summed E-state index contributed by atoms with van der Waals surface area (Å²) in [6.45, 7) is 3.79. The molecule has 8 nitrogen and oxygen atoms in total. The molecule has 2 fully saturated rings. The standard InChI is InChI=1S/C33H38N4O4.ClH/c1-34-16-18-35(19-17-34)32(39)29-15-14-28-22-37(30-20-26(33(40)41-2)12-13-27(30)21-36(28)29)31(38)25-10-8-24(9-11-25)23-6-4-3-5-7-23;/h8-15,20,23H,3-7,16-19,21-22H2,1-2H3;1H. The Labute approximate surface area is 253 Å². The van der Waals surface area contributed by atoms with Gasteiger partial charge in [0.15, 0.2) is 0 Å². The van der Waals surface area contributed by atoms with E-state index in [1.165, 1.54) is 44.8 Å². The van der Waals surface area contributed by atoms with Crippen molar-refractivity contribution in [1.82, 2.24) is 14.4 Å². The van der Waals surface area contributed by atoms with E-state index in [2.05, 4.69) is 24.1 Å². The highest BCUT2D eigenvalue weighted by atomic mass is 35.5. The number of rotatable bonds is 4. The summed E-state index contributed by atoms with van der Waals surface area (Å²) >= 11 is 0. The van der Waals surface area contributed by atoms with Gasteiger partial charge in [0.2, 0.25) is 0 Å². The van der Waals surface area contributed by atoms with Crippen LogP contribution < -0.4 is 4.90 Å². The number of esters is 1. The molecule has 42 heavy (non-hydrogen) atoms. The van der Waals surface area contributed by atoms with Crippen LogP contribution in [0.4, 0.5) is 5.69 Å². The van der Waals surface area contributed by atoms with Gasteiger partial charge in [0.05, 0.1) is 31.5 Å². The molecule has 222 valence electrons. The van der Waals surface area contributed by atoms with Gasteiger partial charge in [-0.25, -0.2) is 4.79 Å². The topological polar surface area (TPSA) is 75.1 Å². The van der Waals surface area contributed by atoms with Gasteiger partial charge in [0.1, 0.15) is 5.69 Å². The number of piperazine rings is 1. The molecule has 1 saturated heterocycles. The second-order valence-corrected chi connectivity index (χ2v) is 11.6. The molecule has 1 saturated carbocycles. The summed E-state index contributed by atoms with van der Waals surface area (Å²) in [6.07, 6.45) is 6.23. The minimum absolute atomic E-state index is 0. The number of anilines is 1. The third-order valence-corrected chi connectivity index (χ3v) is 9.01. The van der Waals surface area contributed by atoms with E-state index in [4.69, 9.17) is 4.74 Å². The maximum absolute atomic E-state index is 14.1. The molecule has 0 radical (unpaired) electrons. The summed E-state index contributed by atoms with van der Waals surface area (Å²) < 4.78 is 7.01. The van der Waals surface area contributed by atoms with E-state index < -0.39 is 5.97 Å². The van der Waals surface area contributed by atoms with Crippen molar-refractivity contribution in [3.63, 3.8) is 0 Å². The number of halogens is 1. The molecule has 0 spiro atoms. The maximum atomic E-state index is 14.1. The third kappa shape index (κ3) is 5.83. The van der Waals surface area contributed by atoms with Gasteiger partial charge in [-0.15, -0.1) is 12.4 Å². The van der Waals surface area contributed by atoms with E-state index in [0.29, 0.717) is 48.1 Å². The van der Waals surface area contributed by atoms with Crippen LogP contribution in [0.2, 0.25) is 0 Å². The van der Waals surface area contributed by atoms with Crippen molar-refractivity contribution in [2.45, 2.75) is 51.1 Å². The third-order valence-electron chi connectivity index (χ3n) is 9.01. The monoisotopic (exact) mass is 590 g/mol. The lowest BCUT2D eigenvalue weighted by Crippen LogP contribution is -2.47. The Morgan fingerprint density at radius 2 is 1.48 bits per heavy atom. The van der Waals surface area contributed by atoms with Crippen LogP contribution in [0, 0.1) is 0 Å². The minimum atomic E-state index is -0.452. The van der Waals surface area contributed by atoms with Gasteiger partial charge in [-0.1, -0.05) is 37.5 Å². The molecule has 0 atom stereocenters. The number of methoxy groups -OCH3 is 1. The molecule has 1 aliphatic carbocycles. The number of aromatic nitrogens is 1. The van der Waals surface area contributed by atoms with Gasteiger partial charge < -0.3 is 24.0 Å². The van der Waals surface area contributed by atoms with Crippen molar-refractivity contribution in [3.8, 4) is 0 Å². The fourth-order valence-electron chi connectivity index (χ4n) is 6.47. The fraction of sp³-hybridized carbons (Fsp3) is 0.424. The molecule has 0 bridgehead atoms. The first kappa shape index (κ1) is 29.9. The van der Waals surface area contributed by atoms with Crippen molar-refractivity contribution >= 4 is 35.9 Å². The van der Waals surface area contributed by atoms with Crippen LogP contribution >= 0.6 is 12.4 Å². The average molecular weight is 591 g/mol. The van der Waals surface area contributed by atoms with Gasteiger partial charge in [0.25, 0.3) is 11.8 Å². The molecular formula is C33H39ClN4O4. The van der Waals surface area contributed by atoms with E-state index in [1.54, 1.807) is 17.0 Å². The summed E-state index contributed by atoms with van der Waals surface area (Å²) in [5.74, 6) is -0.0130. The molecular weight excluding hydrogens is 552 g/mol. The molecule has 3 aliphatic rings. The number of fused-ring (bicyclic) bond motifs is 2. The number of carbonyl (C=O) groups excluding carboxylic acids is 3. The van der Waals surface area contributed by atoms with Crippen LogP contribution in [0.1, 0.15) is 86.0 Å². The molecule has 0 N–H and O–H groups in total. The second kappa shape index (κ2) is 12.7. The van der Waals surface area contributed by atoms with Gasteiger partial charge in [-0.3, -0.25) is 9.59 Å². The van der Waals surface area contributed by atoms with Gasteiger partial charge in [-0.2, -0.15) is 0 Å². The Balaban J connectivity index is 0.00000353. The Bertz CT molecular complexity index is 1450. The summed E-state index contributed by atoms with van der Waals surface area (Å²) in [6, 6.07) is 17.2. The molecule has 1 aromatic heterocycles. The Morgan fingerprint density at radius 1 is 0.786 bits per heavy atom. The van der Waals surface area contributed by atoms with Crippen LogP contribution in [-0.2, 0) is 17.8 Å².